The number of hydrogen-bond acceptors (Lipinski definition) is 5. The quantitative estimate of drug-likeness (QED) is 0.596. The van der Waals surface area contributed by atoms with Gasteiger partial charge < -0.3 is 18.9 Å². The summed E-state index contributed by atoms with van der Waals surface area (Å²) in [7, 11) is 4.64. The van der Waals surface area contributed by atoms with Crippen LogP contribution in [0.4, 0.5) is 0 Å². The van der Waals surface area contributed by atoms with Crippen LogP contribution in [0.5, 0.6) is 11.5 Å². The van der Waals surface area contributed by atoms with E-state index in [9.17, 15) is 4.79 Å². The maximum Gasteiger partial charge on any atom is 0.309 e. The molecule has 0 radical (unpaired) electrons. The van der Waals surface area contributed by atoms with Crippen LogP contribution in [0.15, 0.2) is 18.2 Å². The Bertz CT molecular complexity index is 486. The molecule has 0 amide bonds. The van der Waals surface area contributed by atoms with Crippen LogP contribution in [-0.2, 0) is 14.3 Å². The molecule has 1 fully saturated rings. The fourth-order valence-corrected chi connectivity index (χ4v) is 2.96. The summed E-state index contributed by atoms with van der Waals surface area (Å²) < 4.78 is 20.8. The first-order valence-corrected chi connectivity index (χ1v) is 7.08. The van der Waals surface area contributed by atoms with Gasteiger partial charge in [-0.25, -0.2) is 0 Å². The van der Waals surface area contributed by atoms with E-state index < -0.39 is 0 Å². The first kappa shape index (κ1) is 15.6. The lowest BCUT2D eigenvalue weighted by Gasteiger charge is -2.21. The second-order valence-corrected chi connectivity index (χ2v) is 5.12. The van der Waals surface area contributed by atoms with Gasteiger partial charge in [0.25, 0.3) is 0 Å². The third-order valence-corrected chi connectivity index (χ3v) is 3.97. The fraction of sp³-hybridized carbons (Fsp3) is 0.562. The van der Waals surface area contributed by atoms with Crippen molar-refractivity contribution in [3.8, 4) is 11.5 Å². The zero-order valence-electron chi connectivity index (χ0n) is 12.8. The van der Waals surface area contributed by atoms with Crippen LogP contribution >= 0.6 is 0 Å². The number of esters is 1. The average Bonchev–Trinajstić information content (AvgIpc) is 3.01. The largest absolute Gasteiger partial charge is 0.497 e. The van der Waals surface area contributed by atoms with Gasteiger partial charge in [-0.3, -0.25) is 4.79 Å². The van der Waals surface area contributed by atoms with E-state index >= 15 is 0 Å². The first-order valence-electron chi connectivity index (χ1n) is 7.08. The van der Waals surface area contributed by atoms with Gasteiger partial charge in [0.2, 0.25) is 0 Å². The molecule has 1 aliphatic rings. The van der Waals surface area contributed by atoms with Crippen LogP contribution in [0.25, 0.3) is 0 Å². The maximum absolute atomic E-state index is 12.0. The monoisotopic (exact) mass is 294 g/mol. The van der Waals surface area contributed by atoms with Gasteiger partial charge in [-0.05, 0) is 31.0 Å². The number of hydrogen-bond donors (Lipinski definition) is 0. The van der Waals surface area contributed by atoms with Gasteiger partial charge in [0, 0.05) is 18.6 Å². The van der Waals surface area contributed by atoms with E-state index in [2.05, 4.69) is 0 Å². The minimum absolute atomic E-state index is 0.0967. The summed E-state index contributed by atoms with van der Waals surface area (Å²) in [5.41, 5.74) is 0.985. The molecule has 0 bridgehead atoms. The molecule has 1 aromatic carbocycles. The number of benzene rings is 1. The van der Waals surface area contributed by atoms with Crippen LogP contribution in [0.3, 0.4) is 0 Å². The van der Waals surface area contributed by atoms with Gasteiger partial charge in [-0.15, -0.1) is 0 Å². The summed E-state index contributed by atoms with van der Waals surface area (Å²) in [6.45, 7) is 0.176. The first-order chi connectivity index (χ1) is 10.2. The molecule has 5 heteroatoms. The molecule has 0 unspecified atom stereocenters. The number of carbonyl (C=O) groups is 1. The standard InChI is InChI=1S/C16H22O5/c1-18-10-21-15-8-7-11(19-2)9-14(15)12-5-4-6-13(12)16(17)20-3/h7-9,12-13H,4-6,10H2,1-3H3/t12-,13+/m1/s1. The van der Waals surface area contributed by atoms with Gasteiger partial charge in [0.15, 0.2) is 6.79 Å². The molecule has 0 spiro atoms. The summed E-state index contributed by atoms with van der Waals surface area (Å²) in [5.74, 6) is 1.31. The summed E-state index contributed by atoms with van der Waals surface area (Å²) in [6, 6.07) is 5.65. The molecular formula is C16H22O5. The van der Waals surface area contributed by atoms with Crippen LogP contribution in [-0.4, -0.2) is 34.1 Å². The highest BCUT2D eigenvalue weighted by atomic mass is 16.7. The van der Waals surface area contributed by atoms with Gasteiger partial charge >= 0.3 is 5.97 Å². The minimum atomic E-state index is -0.155. The molecule has 0 aromatic heterocycles. The van der Waals surface area contributed by atoms with E-state index in [1.807, 2.05) is 18.2 Å². The Kier molecular flexibility index (Phi) is 5.44. The molecule has 5 nitrogen and oxygen atoms in total. The Labute approximate surface area is 125 Å². The SMILES string of the molecule is COCOc1ccc(OC)cc1[C@@H]1CCC[C@@H]1C(=O)OC. The fourth-order valence-electron chi connectivity index (χ4n) is 2.96. The summed E-state index contributed by atoms with van der Waals surface area (Å²) in [4.78, 5) is 12.0. The lowest BCUT2D eigenvalue weighted by Crippen LogP contribution is -2.19. The van der Waals surface area contributed by atoms with E-state index in [1.165, 1.54) is 7.11 Å². The third-order valence-electron chi connectivity index (χ3n) is 3.97. The highest BCUT2D eigenvalue weighted by molar-refractivity contribution is 5.74. The van der Waals surface area contributed by atoms with Crippen LogP contribution in [0.2, 0.25) is 0 Å². The molecule has 0 saturated heterocycles. The lowest BCUT2D eigenvalue weighted by atomic mass is 9.88. The van der Waals surface area contributed by atoms with Crippen molar-refractivity contribution >= 4 is 5.97 Å². The van der Waals surface area contributed by atoms with Crippen LogP contribution < -0.4 is 9.47 Å². The summed E-state index contributed by atoms with van der Waals surface area (Å²) >= 11 is 0. The predicted octanol–water partition coefficient (Wildman–Crippen LogP) is 2.73. The van der Waals surface area contributed by atoms with E-state index in [-0.39, 0.29) is 24.6 Å². The Morgan fingerprint density at radius 2 is 2.05 bits per heavy atom. The second kappa shape index (κ2) is 7.31. The van der Waals surface area contributed by atoms with Gasteiger partial charge in [0.05, 0.1) is 20.1 Å². The Hall–Kier alpha value is -1.75. The van der Waals surface area contributed by atoms with Crippen molar-refractivity contribution < 1.29 is 23.7 Å². The highest BCUT2D eigenvalue weighted by Crippen LogP contribution is 2.44. The van der Waals surface area contributed by atoms with Crippen molar-refractivity contribution in [3.63, 3.8) is 0 Å². The number of ether oxygens (including phenoxy) is 4. The van der Waals surface area contributed by atoms with Crippen molar-refractivity contribution in [1.29, 1.82) is 0 Å². The van der Waals surface area contributed by atoms with Gasteiger partial charge in [0.1, 0.15) is 11.5 Å². The maximum atomic E-state index is 12.0. The van der Waals surface area contributed by atoms with Crippen molar-refractivity contribution in [2.45, 2.75) is 25.2 Å². The molecule has 1 saturated carbocycles. The van der Waals surface area contributed by atoms with Crippen molar-refractivity contribution in [1.82, 2.24) is 0 Å². The third kappa shape index (κ3) is 3.47. The van der Waals surface area contributed by atoms with Crippen molar-refractivity contribution in [2.24, 2.45) is 5.92 Å². The summed E-state index contributed by atoms with van der Waals surface area (Å²) in [5, 5.41) is 0. The molecule has 0 heterocycles. The molecule has 21 heavy (non-hydrogen) atoms. The zero-order valence-corrected chi connectivity index (χ0v) is 12.8. The topological polar surface area (TPSA) is 54.0 Å². The molecule has 1 aliphatic carbocycles. The van der Waals surface area contributed by atoms with Crippen LogP contribution in [0.1, 0.15) is 30.7 Å². The molecule has 1 aromatic rings. The second-order valence-electron chi connectivity index (χ2n) is 5.12. The smallest absolute Gasteiger partial charge is 0.309 e. The zero-order chi connectivity index (χ0) is 15.2. The van der Waals surface area contributed by atoms with Crippen molar-refractivity contribution in [2.75, 3.05) is 28.1 Å². The molecule has 116 valence electrons. The lowest BCUT2D eigenvalue weighted by molar-refractivity contribution is -0.145. The minimum Gasteiger partial charge on any atom is -0.497 e. The van der Waals surface area contributed by atoms with E-state index in [4.69, 9.17) is 18.9 Å². The van der Waals surface area contributed by atoms with Crippen LogP contribution in [0, 0.1) is 5.92 Å². The van der Waals surface area contributed by atoms with E-state index in [0.29, 0.717) is 0 Å². The molecular weight excluding hydrogens is 272 g/mol. The normalized spacial score (nSPS) is 21.1. The summed E-state index contributed by atoms with van der Waals surface area (Å²) in [6.07, 6.45) is 2.79. The van der Waals surface area contributed by atoms with E-state index in [0.717, 1.165) is 36.3 Å². The predicted molar refractivity (Wildman–Crippen MR) is 77.6 cm³/mol. The van der Waals surface area contributed by atoms with E-state index in [1.54, 1.807) is 14.2 Å². The number of rotatable bonds is 6. The molecule has 0 N–H and O–H groups in total. The van der Waals surface area contributed by atoms with Crippen molar-refractivity contribution in [3.05, 3.63) is 23.8 Å². The Morgan fingerprint density at radius 3 is 2.71 bits per heavy atom. The van der Waals surface area contributed by atoms with Gasteiger partial charge in [-0.2, -0.15) is 0 Å². The molecule has 2 atom stereocenters. The number of methoxy groups -OCH3 is 3. The highest BCUT2D eigenvalue weighted by Gasteiger charge is 2.36. The van der Waals surface area contributed by atoms with Gasteiger partial charge in [-0.1, -0.05) is 6.42 Å². The Morgan fingerprint density at radius 1 is 1.24 bits per heavy atom. The number of carbonyl (C=O) groups excluding carboxylic acids is 1. The average molecular weight is 294 g/mol. The Balaban J connectivity index is 2.32. The molecule has 2 rings (SSSR count). The molecule has 0 aliphatic heterocycles.